The van der Waals surface area contributed by atoms with Crippen molar-refractivity contribution in [2.75, 3.05) is 18.7 Å². The highest BCUT2D eigenvalue weighted by Gasteiger charge is 2.27. The van der Waals surface area contributed by atoms with Gasteiger partial charge in [0.25, 0.3) is 11.8 Å². The lowest BCUT2D eigenvalue weighted by Crippen LogP contribution is -2.38. The van der Waals surface area contributed by atoms with Crippen molar-refractivity contribution in [3.05, 3.63) is 64.7 Å². The van der Waals surface area contributed by atoms with Crippen LogP contribution >= 0.6 is 0 Å². The van der Waals surface area contributed by atoms with Gasteiger partial charge in [-0.2, -0.15) is 0 Å². The second-order valence-electron chi connectivity index (χ2n) is 8.26. The Labute approximate surface area is 222 Å². The number of nitrogens with zero attached hydrogens (tertiary/aromatic N) is 3. The van der Waals surface area contributed by atoms with Crippen LogP contribution in [0.15, 0.2) is 46.2 Å². The van der Waals surface area contributed by atoms with Crippen molar-refractivity contribution < 1.29 is 38.3 Å². The second-order valence-corrected chi connectivity index (χ2v) is 8.26. The van der Waals surface area contributed by atoms with Gasteiger partial charge in [0.2, 0.25) is 6.79 Å². The number of hydrogen-bond donors (Lipinski definition) is 4. The predicted octanol–water partition coefficient (Wildman–Crippen LogP) is 2.39. The molecule has 3 rings (SSSR count). The Hall–Kier alpha value is -4.98. The first kappa shape index (κ1) is 28.6. The van der Waals surface area contributed by atoms with E-state index in [1.165, 1.54) is 25.5 Å². The van der Waals surface area contributed by atoms with E-state index in [4.69, 9.17) is 20.1 Å². The second kappa shape index (κ2) is 12.5. The molecule has 0 bridgehead atoms. The number of aliphatic imine (C=N–C) groups is 1. The van der Waals surface area contributed by atoms with Gasteiger partial charge in [-0.1, -0.05) is 11.2 Å². The number of benzene rings is 1. The zero-order valence-electron chi connectivity index (χ0n) is 21.7. The molecule has 2 aromatic heterocycles. The van der Waals surface area contributed by atoms with E-state index in [0.29, 0.717) is 22.5 Å². The van der Waals surface area contributed by atoms with Crippen LogP contribution in [0, 0.1) is 13.8 Å². The van der Waals surface area contributed by atoms with Crippen molar-refractivity contribution in [1.82, 2.24) is 15.0 Å². The van der Waals surface area contributed by atoms with Crippen molar-refractivity contribution in [2.45, 2.75) is 33.8 Å². The number of amidine groups is 1. The predicted molar refractivity (Wildman–Crippen MR) is 137 cm³/mol. The zero-order valence-corrected chi connectivity index (χ0v) is 21.7. The van der Waals surface area contributed by atoms with Crippen LogP contribution in [0.2, 0.25) is 0 Å². The van der Waals surface area contributed by atoms with E-state index in [1.54, 1.807) is 39.0 Å². The van der Waals surface area contributed by atoms with E-state index in [2.05, 4.69) is 25.2 Å². The highest BCUT2D eigenvalue weighted by molar-refractivity contribution is 6.08. The molecule has 0 saturated heterocycles. The normalized spacial score (nSPS) is 12.0. The number of aliphatic hydroxyl groups is 1. The molecule has 3 aromatic rings. The molecule has 0 fully saturated rings. The van der Waals surface area contributed by atoms with Gasteiger partial charge in [-0.05, 0) is 51.0 Å². The molecular weight excluding hydrogens is 512 g/mol. The van der Waals surface area contributed by atoms with Crippen molar-refractivity contribution in [3.63, 3.8) is 0 Å². The first-order chi connectivity index (χ1) is 18.5. The average Bonchev–Trinajstić information content (AvgIpc) is 3.54. The van der Waals surface area contributed by atoms with Gasteiger partial charge in [0, 0.05) is 24.4 Å². The van der Waals surface area contributed by atoms with Crippen LogP contribution in [0.3, 0.4) is 0 Å². The summed E-state index contributed by atoms with van der Waals surface area (Å²) in [6, 6.07) is 6.40. The van der Waals surface area contributed by atoms with Gasteiger partial charge in [0.1, 0.15) is 18.2 Å². The standard InChI is InChI=1S/C25H28N6O8/c1-5-31(25(36)38-12-37-24(35)15(4)32)23(34)17-11-27-20(14(17)3)21(26)28-18-10-16(7-6-13(18)2)22(33)29-19-8-9-39-30-19/h6-11,15,27,32H,5,12H2,1-4H3,(H2,26,28)(H,29,30,33). The number of carbonyl (C=O) groups is 4. The summed E-state index contributed by atoms with van der Waals surface area (Å²) in [6.45, 7) is 5.38. The van der Waals surface area contributed by atoms with E-state index in [0.717, 1.165) is 10.5 Å². The van der Waals surface area contributed by atoms with E-state index in [1.807, 2.05) is 0 Å². The molecule has 3 amide bonds. The third-order valence-corrected chi connectivity index (χ3v) is 5.52. The van der Waals surface area contributed by atoms with E-state index in [-0.39, 0.29) is 23.8 Å². The molecule has 14 heteroatoms. The summed E-state index contributed by atoms with van der Waals surface area (Å²) in [5.74, 6) is -1.78. The van der Waals surface area contributed by atoms with Gasteiger partial charge in [0.05, 0.1) is 16.9 Å². The van der Waals surface area contributed by atoms with E-state index < -0.39 is 36.8 Å². The summed E-state index contributed by atoms with van der Waals surface area (Å²) in [5, 5.41) is 15.4. The number of imide groups is 1. The molecule has 0 aliphatic heterocycles. The molecule has 0 saturated carbocycles. The number of nitrogens with two attached hydrogens (primary N) is 1. The van der Waals surface area contributed by atoms with Crippen molar-refractivity contribution in [1.29, 1.82) is 0 Å². The number of aromatic nitrogens is 2. The average molecular weight is 541 g/mol. The van der Waals surface area contributed by atoms with Crippen molar-refractivity contribution >= 4 is 41.2 Å². The molecule has 5 N–H and O–H groups in total. The molecule has 14 nitrogen and oxygen atoms in total. The number of carbonyl (C=O) groups excluding carboxylic acids is 4. The first-order valence-corrected chi connectivity index (χ1v) is 11.7. The lowest BCUT2D eigenvalue weighted by molar-refractivity contribution is -0.161. The molecule has 1 unspecified atom stereocenters. The number of amides is 3. The molecule has 1 atom stereocenters. The third kappa shape index (κ3) is 6.87. The number of anilines is 1. The Balaban J connectivity index is 1.77. The SMILES string of the molecule is CCN(C(=O)OCOC(=O)C(C)O)C(=O)c1c[nH]c(C(N)=Nc2cc(C(=O)Nc3ccon3)ccc2C)c1C. The smallest absolute Gasteiger partial charge is 0.419 e. The van der Waals surface area contributed by atoms with Crippen LogP contribution < -0.4 is 11.1 Å². The summed E-state index contributed by atoms with van der Waals surface area (Å²) >= 11 is 0. The molecule has 39 heavy (non-hydrogen) atoms. The summed E-state index contributed by atoms with van der Waals surface area (Å²) in [6.07, 6.45) is 0.287. The number of esters is 1. The Morgan fingerprint density at radius 1 is 1.23 bits per heavy atom. The van der Waals surface area contributed by atoms with Crippen molar-refractivity contribution in [2.24, 2.45) is 10.7 Å². The number of rotatable bonds is 9. The Morgan fingerprint density at radius 3 is 2.62 bits per heavy atom. The van der Waals surface area contributed by atoms with Gasteiger partial charge in [-0.15, -0.1) is 0 Å². The fourth-order valence-electron chi connectivity index (χ4n) is 3.34. The largest absolute Gasteiger partial charge is 0.426 e. The van der Waals surface area contributed by atoms with E-state index >= 15 is 0 Å². The fourth-order valence-corrected chi connectivity index (χ4v) is 3.34. The topological polar surface area (TPSA) is 202 Å². The summed E-state index contributed by atoms with van der Waals surface area (Å²) in [5.41, 5.74) is 8.62. The van der Waals surface area contributed by atoms with Gasteiger partial charge in [-0.3, -0.25) is 9.59 Å². The van der Waals surface area contributed by atoms with Crippen LogP contribution in [0.1, 0.15) is 51.4 Å². The number of ether oxygens (including phenoxy) is 2. The molecule has 1 aromatic carbocycles. The Bertz CT molecular complexity index is 1390. The highest BCUT2D eigenvalue weighted by atomic mass is 16.7. The third-order valence-electron chi connectivity index (χ3n) is 5.52. The molecular formula is C25H28N6O8. The number of nitrogens with one attached hydrogen (secondary N) is 2. The first-order valence-electron chi connectivity index (χ1n) is 11.7. The van der Waals surface area contributed by atoms with Crippen LogP contribution in [0.25, 0.3) is 0 Å². The Kier molecular flexibility index (Phi) is 9.17. The molecule has 2 heterocycles. The highest BCUT2D eigenvalue weighted by Crippen LogP contribution is 2.23. The molecule has 0 spiro atoms. The minimum Gasteiger partial charge on any atom is -0.426 e. The van der Waals surface area contributed by atoms with Crippen LogP contribution in [0.4, 0.5) is 16.3 Å². The summed E-state index contributed by atoms with van der Waals surface area (Å²) in [4.78, 5) is 57.4. The molecule has 0 radical (unpaired) electrons. The monoisotopic (exact) mass is 540 g/mol. The quantitative estimate of drug-likeness (QED) is 0.135. The maximum Gasteiger partial charge on any atom is 0.419 e. The fraction of sp³-hybridized carbons (Fsp3) is 0.280. The van der Waals surface area contributed by atoms with Crippen LogP contribution in [0.5, 0.6) is 0 Å². The van der Waals surface area contributed by atoms with Crippen molar-refractivity contribution in [3.8, 4) is 0 Å². The van der Waals surface area contributed by atoms with Gasteiger partial charge < -0.3 is 35.1 Å². The van der Waals surface area contributed by atoms with Gasteiger partial charge >= 0.3 is 12.1 Å². The maximum absolute atomic E-state index is 13.1. The van der Waals surface area contributed by atoms with Crippen LogP contribution in [-0.4, -0.2) is 69.3 Å². The molecule has 206 valence electrons. The van der Waals surface area contributed by atoms with Gasteiger partial charge in [0.15, 0.2) is 5.82 Å². The number of aromatic amines is 1. The molecule has 0 aliphatic rings. The minimum absolute atomic E-state index is 0.0338. The minimum atomic E-state index is -1.39. The summed E-state index contributed by atoms with van der Waals surface area (Å²) in [7, 11) is 0. The number of aryl methyl sites for hydroxylation is 1. The number of aliphatic hydroxyl groups excluding tert-OH is 1. The molecule has 0 aliphatic carbocycles. The lowest BCUT2D eigenvalue weighted by Gasteiger charge is -2.18. The number of H-pyrrole nitrogens is 1. The Morgan fingerprint density at radius 2 is 1.97 bits per heavy atom. The zero-order chi connectivity index (χ0) is 28.7. The number of hydrogen-bond acceptors (Lipinski definition) is 10. The van der Waals surface area contributed by atoms with Gasteiger partial charge in [-0.25, -0.2) is 19.5 Å². The lowest BCUT2D eigenvalue weighted by atomic mass is 10.1. The van der Waals surface area contributed by atoms with Crippen LogP contribution in [-0.2, 0) is 14.3 Å². The van der Waals surface area contributed by atoms with E-state index in [9.17, 15) is 19.2 Å². The maximum atomic E-state index is 13.1. The summed E-state index contributed by atoms with van der Waals surface area (Å²) < 4.78 is 14.1.